The lowest BCUT2D eigenvalue weighted by molar-refractivity contribution is -0.385. The van der Waals surface area contributed by atoms with Crippen LogP contribution in [0.4, 0.5) is 10.1 Å². The van der Waals surface area contributed by atoms with Gasteiger partial charge in [-0.05, 0) is 12.1 Å². The van der Waals surface area contributed by atoms with Crippen molar-refractivity contribution in [2.75, 3.05) is 0 Å². The maximum Gasteiger partial charge on any atom is 0.276 e. The number of benzene rings is 1. The molecule has 12 heavy (non-hydrogen) atoms. The van der Waals surface area contributed by atoms with Gasteiger partial charge in [0.1, 0.15) is 6.67 Å². The molecule has 0 atom stereocenters. The fraction of sp³-hybridized carbons (Fsp3) is 0.143. The molecule has 0 saturated heterocycles. The summed E-state index contributed by atoms with van der Waals surface area (Å²) in [6.07, 6.45) is 0. The molecule has 1 aromatic rings. The fourth-order valence-electron chi connectivity index (χ4n) is 0.820. The first-order chi connectivity index (χ1) is 5.65. The molecule has 0 amide bonds. The van der Waals surface area contributed by atoms with Crippen molar-refractivity contribution in [1.82, 2.24) is 0 Å². The Balaban J connectivity index is 3.21. The Kier molecular flexibility index (Phi) is 2.60. The first-order valence-corrected chi connectivity index (χ1v) is 3.51. The van der Waals surface area contributed by atoms with Crippen molar-refractivity contribution in [2.24, 2.45) is 0 Å². The van der Waals surface area contributed by atoms with Crippen LogP contribution in [0.1, 0.15) is 5.56 Å². The predicted octanol–water partition coefficient (Wildman–Crippen LogP) is 2.72. The summed E-state index contributed by atoms with van der Waals surface area (Å²) in [6.45, 7) is -0.854. The zero-order valence-corrected chi connectivity index (χ0v) is 6.71. The second kappa shape index (κ2) is 3.49. The van der Waals surface area contributed by atoms with Crippen LogP contribution >= 0.6 is 11.6 Å². The maximum absolute atomic E-state index is 12.1. The summed E-state index contributed by atoms with van der Waals surface area (Å²) in [5.74, 6) is 0. The van der Waals surface area contributed by atoms with Gasteiger partial charge in [-0.3, -0.25) is 10.1 Å². The second-order valence-corrected chi connectivity index (χ2v) is 2.60. The van der Waals surface area contributed by atoms with Gasteiger partial charge in [-0.2, -0.15) is 0 Å². The molecule has 0 heterocycles. The number of nitro benzene ring substituents is 1. The van der Waals surface area contributed by atoms with Crippen LogP contribution in [0.2, 0.25) is 5.02 Å². The monoisotopic (exact) mass is 189 g/mol. The van der Waals surface area contributed by atoms with E-state index in [0.29, 0.717) is 0 Å². The highest BCUT2D eigenvalue weighted by Gasteiger charge is 2.13. The number of hydrogen-bond donors (Lipinski definition) is 0. The number of alkyl halides is 1. The highest BCUT2D eigenvalue weighted by atomic mass is 35.5. The number of nitrogens with zero attached hydrogens (tertiary/aromatic N) is 1. The van der Waals surface area contributed by atoms with E-state index in [1.54, 1.807) is 0 Å². The summed E-state index contributed by atoms with van der Waals surface area (Å²) in [7, 11) is 0. The molecule has 64 valence electrons. The molecule has 0 radical (unpaired) electrons. The molecule has 0 bridgehead atoms. The van der Waals surface area contributed by atoms with E-state index in [2.05, 4.69) is 0 Å². The van der Waals surface area contributed by atoms with Crippen LogP contribution in [0, 0.1) is 10.1 Å². The van der Waals surface area contributed by atoms with Gasteiger partial charge < -0.3 is 0 Å². The Bertz CT molecular complexity index is 316. The highest BCUT2D eigenvalue weighted by molar-refractivity contribution is 6.30. The Hall–Kier alpha value is -1.16. The fourth-order valence-corrected chi connectivity index (χ4v) is 0.986. The van der Waals surface area contributed by atoms with Crippen molar-refractivity contribution < 1.29 is 9.31 Å². The van der Waals surface area contributed by atoms with Crippen molar-refractivity contribution in [3.8, 4) is 0 Å². The smallest absolute Gasteiger partial charge is 0.258 e. The standard InChI is InChI=1S/C7H5ClFNO2/c8-6-2-1-5(4-9)7(3-6)10(11)12/h1-3H,4H2. The van der Waals surface area contributed by atoms with Crippen LogP contribution in [0.5, 0.6) is 0 Å². The molecule has 5 heteroatoms. The summed E-state index contributed by atoms with van der Waals surface area (Å²) in [6, 6.07) is 3.86. The first-order valence-electron chi connectivity index (χ1n) is 3.14. The van der Waals surface area contributed by atoms with Gasteiger partial charge in [0.05, 0.1) is 10.5 Å². The van der Waals surface area contributed by atoms with E-state index in [1.807, 2.05) is 0 Å². The topological polar surface area (TPSA) is 43.1 Å². The van der Waals surface area contributed by atoms with Crippen molar-refractivity contribution in [3.63, 3.8) is 0 Å². The third-order valence-corrected chi connectivity index (χ3v) is 1.62. The molecule has 0 unspecified atom stereocenters. The maximum atomic E-state index is 12.1. The number of nitro groups is 1. The third-order valence-electron chi connectivity index (χ3n) is 1.39. The van der Waals surface area contributed by atoms with Crippen LogP contribution in [-0.2, 0) is 6.67 Å². The van der Waals surface area contributed by atoms with E-state index in [9.17, 15) is 14.5 Å². The molecule has 0 aromatic heterocycles. The van der Waals surface area contributed by atoms with E-state index in [4.69, 9.17) is 11.6 Å². The minimum absolute atomic E-state index is 0.0457. The van der Waals surface area contributed by atoms with Gasteiger partial charge in [0.15, 0.2) is 0 Å². The molecule has 0 fully saturated rings. The minimum Gasteiger partial charge on any atom is -0.258 e. The number of halogens is 2. The van der Waals surface area contributed by atoms with Crippen LogP contribution in [0.25, 0.3) is 0 Å². The zero-order chi connectivity index (χ0) is 9.14. The SMILES string of the molecule is O=[N+]([O-])c1cc(Cl)ccc1CF. The average molecular weight is 190 g/mol. The molecule has 0 aliphatic rings. The van der Waals surface area contributed by atoms with E-state index >= 15 is 0 Å². The molecular weight excluding hydrogens is 185 g/mol. The van der Waals surface area contributed by atoms with Crippen LogP contribution in [0.15, 0.2) is 18.2 Å². The van der Waals surface area contributed by atoms with Crippen LogP contribution in [-0.4, -0.2) is 4.92 Å². The van der Waals surface area contributed by atoms with Crippen molar-refractivity contribution >= 4 is 17.3 Å². The Morgan fingerprint density at radius 2 is 2.25 bits per heavy atom. The van der Waals surface area contributed by atoms with E-state index in [1.165, 1.54) is 12.1 Å². The lowest BCUT2D eigenvalue weighted by Crippen LogP contribution is -1.93. The van der Waals surface area contributed by atoms with Gasteiger partial charge in [-0.15, -0.1) is 0 Å². The van der Waals surface area contributed by atoms with Crippen LogP contribution in [0.3, 0.4) is 0 Å². The lowest BCUT2D eigenvalue weighted by Gasteiger charge is -1.97. The molecular formula is C7H5ClFNO2. The zero-order valence-electron chi connectivity index (χ0n) is 5.96. The number of hydrogen-bond acceptors (Lipinski definition) is 2. The van der Waals surface area contributed by atoms with E-state index < -0.39 is 11.6 Å². The molecule has 3 nitrogen and oxygen atoms in total. The predicted molar refractivity (Wildman–Crippen MR) is 42.9 cm³/mol. The Morgan fingerprint density at radius 1 is 1.58 bits per heavy atom. The molecule has 0 aliphatic heterocycles. The summed E-state index contributed by atoms with van der Waals surface area (Å²) < 4.78 is 12.1. The van der Waals surface area contributed by atoms with E-state index in [0.717, 1.165) is 6.07 Å². The summed E-state index contributed by atoms with van der Waals surface area (Å²) >= 11 is 5.49. The second-order valence-electron chi connectivity index (χ2n) is 2.16. The third kappa shape index (κ3) is 1.71. The summed E-state index contributed by atoms with van der Waals surface area (Å²) in [5.41, 5.74) is -0.227. The summed E-state index contributed by atoms with van der Waals surface area (Å²) in [5, 5.41) is 10.5. The average Bonchev–Trinajstić information content (AvgIpc) is 2.04. The quantitative estimate of drug-likeness (QED) is 0.530. The van der Waals surface area contributed by atoms with Gasteiger partial charge in [-0.25, -0.2) is 4.39 Å². The number of rotatable bonds is 2. The van der Waals surface area contributed by atoms with Crippen molar-refractivity contribution in [3.05, 3.63) is 38.9 Å². The van der Waals surface area contributed by atoms with Gasteiger partial charge in [0.2, 0.25) is 0 Å². The Labute approximate surface area is 72.9 Å². The molecule has 0 spiro atoms. The highest BCUT2D eigenvalue weighted by Crippen LogP contribution is 2.23. The molecule has 1 aromatic carbocycles. The minimum atomic E-state index is -0.854. The van der Waals surface area contributed by atoms with Gasteiger partial charge in [-0.1, -0.05) is 11.6 Å². The Morgan fingerprint density at radius 3 is 2.75 bits per heavy atom. The molecule has 0 saturated carbocycles. The van der Waals surface area contributed by atoms with Crippen LogP contribution < -0.4 is 0 Å². The lowest BCUT2D eigenvalue weighted by atomic mass is 10.2. The van der Waals surface area contributed by atoms with Gasteiger partial charge in [0, 0.05) is 11.1 Å². The molecule has 1 rings (SSSR count). The first kappa shape index (κ1) is 8.93. The van der Waals surface area contributed by atoms with Crippen molar-refractivity contribution in [1.29, 1.82) is 0 Å². The van der Waals surface area contributed by atoms with Crippen molar-refractivity contribution in [2.45, 2.75) is 6.67 Å². The van der Waals surface area contributed by atoms with E-state index in [-0.39, 0.29) is 16.3 Å². The normalized spacial score (nSPS) is 9.83. The van der Waals surface area contributed by atoms with Gasteiger partial charge in [0.25, 0.3) is 5.69 Å². The van der Waals surface area contributed by atoms with Gasteiger partial charge >= 0.3 is 0 Å². The molecule has 0 N–H and O–H groups in total. The molecule has 0 aliphatic carbocycles. The summed E-state index contributed by atoms with van der Waals surface area (Å²) in [4.78, 5) is 9.66. The largest absolute Gasteiger partial charge is 0.276 e.